The van der Waals surface area contributed by atoms with Crippen LogP contribution in [0.2, 0.25) is 0 Å². The molecule has 17 heavy (non-hydrogen) atoms. The first-order valence-electron chi connectivity index (χ1n) is 6.55. The molecule has 0 atom stereocenters. The minimum absolute atomic E-state index is 0.0972. The van der Waals surface area contributed by atoms with Crippen molar-refractivity contribution in [2.75, 3.05) is 0 Å². The number of benzene rings is 1. The Bertz CT molecular complexity index is 362. The highest BCUT2D eigenvalue weighted by atomic mass is 16.3. The van der Waals surface area contributed by atoms with E-state index in [0.29, 0.717) is 18.4 Å². The molecule has 2 heteroatoms. The first-order valence-corrected chi connectivity index (χ1v) is 6.55. The monoisotopic (exact) mass is 232 g/mol. The summed E-state index contributed by atoms with van der Waals surface area (Å²) in [5, 5.41) is 10.5. The number of rotatable bonds is 2. The molecular formula is C15H20O2. The minimum atomic E-state index is -1.12. The number of hydrogen-bond acceptors (Lipinski definition) is 2. The molecule has 1 fully saturated rings. The minimum Gasteiger partial charge on any atom is -0.382 e. The van der Waals surface area contributed by atoms with Gasteiger partial charge in [0.1, 0.15) is 5.60 Å². The van der Waals surface area contributed by atoms with Gasteiger partial charge in [-0.25, -0.2) is 0 Å². The SMILES string of the molecule is O=C(c1ccccc1)C1(O)CCCCCCC1. The van der Waals surface area contributed by atoms with Crippen molar-refractivity contribution in [2.24, 2.45) is 0 Å². The van der Waals surface area contributed by atoms with Crippen LogP contribution < -0.4 is 0 Å². The lowest BCUT2D eigenvalue weighted by atomic mass is 9.81. The molecule has 0 unspecified atom stereocenters. The van der Waals surface area contributed by atoms with Gasteiger partial charge < -0.3 is 5.11 Å². The summed E-state index contributed by atoms with van der Waals surface area (Å²) in [4.78, 5) is 12.3. The lowest BCUT2D eigenvalue weighted by Gasteiger charge is -2.28. The van der Waals surface area contributed by atoms with Gasteiger partial charge in [0, 0.05) is 5.56 Å². The molecule has 0 spiro atoms. The number of Topliss-reactive ketones (excluding diaryl/α,β-unsaturated/α-hetero) is 1. The Balaban J connectivity index is 2.15. The number of carbonyl (C=O) groups is 1. The zero-order valence-electron chi connectivity index (χ0n) is 10.2. The zero-order chi connectivity index (χ0) is 12.1. The summed E-state index contributed by atoms with van der Waals surface area (Å²) in [5.74, 6) is -0.0972. The predicted octanol–water partition coefficient (Wildman–Crippen LogP) is 3.34. The molecule has 2 rings (SSSR count). The van der Waals surface area contributed by atoms with Gasteiger partial charge in [-0.2, -0.15) is 0 Å². The van der Waals surface area contributed by atoms with Crippen LogP contribution in [0.15, 0.2) is 30.3 Å². The summed E-state index contributed by atoms with van der Waals surface area (Å²) in [5.41, 5.74) is -0.488. The van der Waals surface area contributed by atoms with Gasteiger partial charge in [-0.3, -0.25) is 4.79 Å². The molecule has 1 aromatic carbocycles. The van der Waals surface area contributed by atoms with Gasteiger partial charge in [-0.1, -0.05) is 62.4 Å². The van der Waals surface area contributed by atoms with Crippen molar-refractivity contribution in [2.45, 2.75) is 50.5 Å². The fraction of sp³-hybridized carbons (Fsp3) is 0.533. The van der Waals surface area contributed by atoms with Crippen LogP contribution in [0.4, 0.5) is 0 Å². The average molecular weight is 232 g/mol. The van der Waals surface area contributed by atoms with E-state index in [1.807, 2.05) is 18.2 Å². The van der Waals surface area contributed by atoms with Crippen LogP contribution >= 0.6 is 0 Å². The Hall–Kier alpha value is -1.15. The Kier molecular flexibility index (Phi) is 3.95. The summed E-state index contributed by atoms with van der Waals surface area (Å²) in [6, 6.07) is 9.16. The Morgan fingerprint density at radius 1 is 0.941 bits per heavy atom. The van der Waals surface area contributed by atoms with Gasteiger partial charge in [0.25, 0.3) is 0 Å². The number of carbonyl (C=O) groups excluding carboxylic acids is 1. The molecule has 0 saturated heterocycles. The molecule has 0 radical (unpaired) electrons. The standard InChI is InChI=1S/C15H20O2/c16-14(13-9-5-4-6-10-13)15(17)11-7-2-1-3-8-12-15/h4-6,9-10,17H,1-3,7-8,11-12H2. The lowest BCUT2D eigenvalue weighted by Crippen LogP contribution is -2.39. The van der Waals surface area contributed by atoms with E-state index < -0.39 is 5.60 Å². The topological polar surface area (TPSA) is 37.3 Å². The molecule has 0 heterocycles. The van der Waals surface area contributed by atoms with E-state index in [9.17, 15) is 9.90 Å². The molecule has 0 aliphatic heterocycles. The van der Waals surface area contributed by atoms with Gasteiger partial charge in [-0.15, -0.1) is 0 Å². The second-order valence-corrected chi connectivity index (χ2v) is 4.99. The summed E-state index contributed by atoms with van der Waals surface area (Å²) in [6.45, 7) is 0. The quantitative estimate of drug-likeness (QED) is 0.794. The van der Waals surface area contributed by atoms with E-state index >= 15 is 0 Å². The Morgan fingerprint density at radius 2 is 1.47 bits per heavy atom. The van der Waals surface area contributed by atoms with Crippen molar-refractivity contribution in [1.82, 2.24) is 0 Å². The lowest BCUT2D eigenvalue weighted by molar-refractivity contribution is 0.0177. The maximum Gasteiger partial charge on any atom is 0.194 e. The molecule has 1 saturated carbocycles. The number of hydrogen-bond donors (Lipinski definition) is 1. The highest BCUT2D eigenvalue weighted by molar-refractivity contribution is 6.02. The van der Waals surface area contributed by atoms with Gasteiger partial charge in [0.05, 0.1) is 0 Å². The van der Waals surface area contributed by atoms with Crippen molar-refractivity contribution in [3.8, 4) is 0 Å². The molecule has 2 nitrogen and oxygen atoms in total. The van der Waals surface area contributed by atoms with E-state index in [1.165, 1.54) is 6.42 Å². The van der Waals surface area contributed by atoms with Gasteiger partial charge in [0.2, 0.25) is 0 Å². The van der Waals surface area contributed by atoms with Crippen LogP contribution in [0.5, 0.6) is 0 Å². The summed E-state index contributed by atoms with van der Waals surface area (Å²) in [7, 11) is 0. The van der Waals surface area contributed by atoms with E-state index in [2.05, 4.69) is 0 Å². The normalized spacial score (nSPS) is 20.3. The highest BCUT2D eigenvalue weighted by Crippen LogP contribution is 2.29. The fourth-order valence-corrected chi connectivity index (χ4v) is 2.58. The largest absolute Gasteiger partial charge is 0.382 e. The van der Waals surface area contributed by atoms with E-state index in [1.54, 1.807) is 12.1 Å². The van der Waals surface area contributed by atoms with Crippen molar-refractivity contribution in [3.63, 3.8) is 0 Å². The van der Waals surface area contributed by atoms with Crippen molar-refractivity contribution in [3.05, 3.63) is 35.9 Å². The zero-order valence-corrected chi connectivity index (χ0v) is 10.2. The van der Waals surface area contributed by atoms with Gasteiger partial charge in [0.15, 0.2) is 5.78 Å². The third kappa shape index (κ3) is 2.95. The summed E-state index contributed by atoms with van der Waals surface area (Å²) in [6.07, 6.45) is 6.62. The Labute approximate surface area is 103 Å². The first kappa shape index (κ1) is 12.3. The average Bonchev–Trinajstić information content (AvgIpc) is 2.34. The van der Waals surface area contributed by atoms with Crippen LogP contribution in [0, 0.1) is 0 Å². The first-order chi connectivity index (χ1) is 8.22. The molecule has 1 aromatic rings. The van der Waals surface area contributed by atoms with E-state index in [4.69, 9.17) is 0 Å². The van der Waals surface area contributed by atoms with Crippen molar-refractivity contribution < 1.29 is 9.90 Å². The maximum absolute atomic E-state index is 12.3. The van der Waals surface area contributed by atoms with Crippen LogP contribution in [0.25, 0.3) is 0 Å². The third-order valence-electron chi connectivity index (χ3n) is 3.64. The molecule has 1 aliphatic carbocycles. The van der Waals surface area contributed by atoms with Crippen LogP contribution in [-0.2, 0) is 0 Å². The number of aliphatic hydroxyl groups is 1. The number of ketones is 1. The van der Waals surface area contributed by atoms with Gasteiger partial charge in [-0.05, 0) is 12.8 Å². The second-order valence-electron chi connectivity index (χ2n) is 4.99. The molecule has 0 amide bonds. The van der Waals surface area contributed by atoms with E-state index in [0.717, 1.165) is 25.7 Å². The van der Waals surface area contributed by atoms with Crippen molar-refractivity contribution >= 4 is 5.78 Å². The third-order valence-corrected chi connectivity index (χ3v) is 3.64. The maximum atomic E-state index is 12.3. The molecular weight excluding hydrogens is 212 g/mol. The fourth-order valence-electron chi connectivity index (χ4n) is 2.58. The molecule has 0 bridgehead atoms. The predicted molar refractivity (Wildman–Crippen MR) is 68.0 cm³/mol. The van der Waals surface area contributed by atoms with Crippen LogP contribution in [0.3, 0.4) is 0 Å². The molecule has 92 valence electrons. The second kappa shape index (κ2) is 5.46. The summed E-state index contributed by atoms with van der Waals surface area (Å²) < 4.78 is 0. The van der Waals surface area contributed by atoms with Gasteiger partial charge >= 0.3 is 0 Å². The van der Waals surface area contributed by atoms with E-state index in [-0.39, 0.29) is 5.78 Å². The summed E-state index contributed by atoms with van der Waals surface area (Å²) >= 11 is 0. The van der Waals surface area contributed by atoms with Crippen molar-refractivity contribution in [1.29, 1.82) is 0 Å². The molecule has 0 aromatic heterocycles. The molecule has 1 aliphatic rings. The van der Waals surface area contributed by atoms with Crippen LogP contribution in [-0.4, -0.2) is 16.5 Å². The van der Waals surface area contributed by atoms with Crippen LogP contribution in [0.1, 0.15) is 55.3 Å². The smallest absolute Gasteiger partial charge is 0.194 e. The molecule has 1 N–H and O–H groups in total. The Morgan fingerprint density at radius 3 is 2.06 bits per heavy atom. The highest BCUT2D eigenvalue weighted by Gasteiger charge is 2.35.